The Morgan fingerprint density at radius 1 is 1.06 bits per heavy atom. The fraction of sp³-hybridized carbons (Fsp3) is 0.609. The lowest BCUT2D eigenvalue weighted by Crippen LogP contribution is -2.47. The summed E-state index contributed by atoms with van der Waals surface area (Å²) in [6.07, 6.45) is 11.5. The molecule has 2 bridgehead atoms. The molecule has 164 valence electrons. The second-order valence-electron chi connectivity index (χ2n) is 9.22. The van der Waals surface area contributed by atoms with Crippen LogP contribution in [0.5, 0.6) is 6.01 Å². The summed E-state index contributed by atoms with van der Waals surface area (Å²) in [5, 5.41) is 0. The molecule has 3 aliphatic rings. The molecule has 8 heteroatoms. The summed E-state index contributed by atoms with van der Waals surface area (Å²) in [6, 6.07) is 2.25. The fourth-order valence-corrected chi connectivity index (χ4v) is 5.42. The molecule has 6 rings (SSSR count). The van der Waals surface area contributed by atoms with Crippen LogP contribution in [-0.4, -0.2) is 36.1 Å². The SMILES string of the molecule is CCCn1c(CC)nc2nc(C34CCC(COc5ncccn5)(CC3)CC4)[nH]c2c1=O. The van der Waals surface area contributed by atoms with Gasteiger partial charge in [-0.05, 0) is 51.0 Å². The topological polar surface area (TPSA) is 98.6 Å². The number of fused-ring (bicyclic) bond motifs is 4. The molecular formula is C23H30N6O2. The zero-order valence-corrected chi connectivity index (χ0v) is 18.4. The molecule has 3 fully saturated rings. The molecule has 8 nitrogen and oxygen atoms in total. The van der Waals surface area contributed by atoms with E-state index in [0.717, 1.165) is 63.0 Å². The van der Waals surface area contributed by atoms with Gasteiger partial charge in [-0.3, -0.25) is 9.36 Å². The van der Waals surface area contributed by atoms with Gasteiger partial charge in [-0.15, -0.1) is 0 Å². The number of nitrogens with zero attached hydrogens (tertiary/aromatic N) is 5. The predicted octanol–water partition coefficient (Wildman–Crippen LogP) is 3.55. The summed E-state index contributed by atoms with van der Waals surface area (Å²) >= 11 is 0. The summed E-state index contributed by atoms with van der Waals surface area (Å²) in [5.74, 6) is 1.77. The molecule has 0 saturated heterocycles. The van der Waals surface area contributed by atoms with Gasteiger partial charge in [0, 0.05) is 36.2 Å². The molecule has 0 radical (unpaired) electrons. The maximum Gasteiger partial charge on any atom is 0.316 e. The number of aromatic amines is 1. The highest BCUT2D eigenvalue weighted by Crippen LogP contribution is 2.57. The van der Waals surface area contributed by atoms with Gasteiger partial charge >= 0.3 is 6.01 Å². The monoisotopic (exact) mass is 422 g/mol. The van der Waals surface area contributed by atoms with Gasteiger partial charge in [0.25, 0.3) is 5.56 Å². The minimum Gasteiger partial charge on any atom is -0.463 e. The molecule has 0 spiro atoms. The zero-order valence-electron chi connectivity index (χ0n) is 18.4. The van der Waals surface area contributed by atoms with E-state index in [9.17, 15) is 4.79 Å². The lowest BCUT2D eigenvalue weighted by molar-refractivity contribution is -0.00389. The lowest BCUT2D eigenvalue weighted by atomic mass is 9.53. The predicted molar refractivity (Wildman–Crippen MR) is 117 cm³/mol. The van der Waals surface area contributed by atoms with E-state index in [0.29, 0.717) is 30.3 Å². The number of nitrogens with one attached hydrogen (secondary N) is 1. The van der Waals surface area contributed by atoms with Crippen molar-refractivity contribution in [2.75, 3.05) is 6.61 Å². The first-order valence-corrected chi connectivity index (χ1v) is 11.5. The molecule has 0 unspecified atom stereocenters. The highest BCUT2D eigenvalue weighted by molar-refractivity contribution is 5.69. The third kappa shape index (κ3) is 3.42. The third-order valence-electron chi connectivity index (χ3n) is 7.41. The van der Waals surface area contributed by atoms with Gasteiger partial charge in [-0.1, -0.05) is 13.8 Å². The Bertz CT molecular complexity index is 1110. The maximum atomic E-state index is 13.1. The van der Waals surface area contributed by atoms with Crippen LogP contribution in [0.2, 0.25) is 0 Å². The van der Waals surface area contributed by atoms with Crippen molar-refractivity contribution in [1.29, 1.82) is 0 Å². The van der Waals surface area contributed by atoms with Crippen LogP contribution in [0.1, 0.15) is 70.4 Å². The molecule has 31 heavy (non-hydrogen) atoms. The molecular weight excluding hydrogens is 392 g/mol. The zero-order chi connectivity index (χ0) is 21.5. The largest absolute Gasteiger partial charge is 0.463 e. The Balaban J connectivity index is 1.38. The van der Waals surface area contributed by atoms with E-state index in [-0.39, 0.29) is 16.4 Å². The molecule has 0 amide bonds. The van der Waals surface area contributed by atoms with E-state index in [1.165, 1.54) is 0 Å². The normalized spacial score (nSPS) is 25.2. The average Bonchev–Trinajstić information content (AvgIpc) is 3.27. The summed E-state index contributed by atoms with van der Waals surface area (Å²) in [6.45, 7) is 5.47. The molecule has 0 atom stereocenters. The number of ether oxygens (including phenoxy) is 1. The van der Waals surface area contributed by atoms with Gasteiger partial charge in [0.15, 0.2) is 11.2 Å². The van der Waals surface area contributed by atoms with E-state index < -0.39 is 0 Å². The van der Waals surface area contributed by atoms with Gasteiger partial charge in [0.2, 0.25) is 0 Å². The standard InChI is InChI=1S/C23H30N6O2/c1-3-14-29-16(4-2)26-18-17(19(29)30)27-20(28-18)23-9-6-22(7-10-23,8-11-23)15-31-21-24-12-5-13-25-21/h5,12-13H,3-4,6-11,14-15H2,1-2H3,(H,27,28). The van der Waals surface area contributed by atoms with Crippen LogP contribution in [0.15, 0.2) is 23.3 Å². The first-order chi connectivity index (χ1) is 15.1. The van der Waals surface area contributed by atoms with E-state index in [1.807, 2.05) is 6.92 Å². The minimum absolute atomic E-state index is 0.0103. The van der Waals surface area contributed by atoms with Crippen molar-refractivity contribution in [3.63, 3.8) is 0 Å². The Kier molecular flexibility index (Phi) is 5.02. The van der Waals surface area contributed by atoms with Gasteiger partial charge in [0.1, 0.15) is 11.6 Å². The quantitative estimate of drug-likeness (QED) is 0.625. The van der Waals surface area contributed by atoms with Crippen molar-refractivity contribution in [2.45, 2.75) is 77.2 Å². The number of aromatic nitrogens is 6. The molecule has 3 aromatic rings. The van der Waals surface area contributed by atoms with Gasteiger partial charge in [0.05, 0.1) is 6.61 Å². The first-order valence-electron chi connectivity index (χ1n) is 11.5. The number of hydrogen-bond donors (Lipinski definition) is 1. The number of hydrogen-bond acceptors (Lipinski definition) is 6. The molecule has 0 aromatic carbocycles. The van der Waals surface area contributed by atoms with Crippen LogP contribution in [0.25, 0.3) is 11.2 Å². The van der Waals surface area contributed by atoms with Crippen LogP contribution in [0, 0.1) is 5.41 Å². The van der Waals surface area contributed by atoms with Crippen LogP contribution in [0.3, 0.4) is 0 Å². The highest BCUT2D eigenvalue weighted by Gasteiger charge is 2.51. The minimum atomic E-state index is 0.0103. The van der Waals surface area contributed by atoms with Crippen molar-refractivity contribution in [3.05, 3.63) is 40.5 Å². The summed E-state index contributed by atoms with van der Waals surface area (Å²) < 4.78 is 7.73. The lowest BCUT2D eigenvalue weighted by Gasteiger charge is -2.52. The maximum absolute atomic E-state index is 13.1. The van der Waals surface area contributed by atoms with E-state index in [1.54, 1.807) is 23.0 Å². The Hall–Kier alpha value is -2.77. The van der Waals surface area contributed by atoms with Crippen molar-refractivity contribution in [3.8, 4) is 6.01 Å². The summed E-state index contributed by atoms with van der Waals surface area (Å²) in [5.41, 5.74) is 1.35. The van der Waals surface area contributed by atoms with Crippen LogP contribution in [-0.2, 0) is 18.4 Å². The van der Waals surface area contributed by atoms with Gasteiger partial charge < -0.3 is 9.72 Å². The first kappa shape index (κ1) is 20.2. The van der Waals surface area contributed by atoms with Crippen molar-refractivity contribution in [2.24, 2.45) is 5.41 Å². The van der Waals surface area contributed by atoms with Crippen molar-refractivity contribution in [1.82, 2.24) is 29.5 Å². The third-order valence-corrected chi connectivity index (χ3v) is 7.41. The van der Waals surface area contributed by atoms with Crippen molar-refractivity contribution < 1.29 is 4.74 Å². The van der Waals surface area contributed by atoms with Crippen LogP contribution < -0.4 is 10.3 Å². The smallest absolute Gasteiger partial charge is 0.316 e. The fourth-order valence-electron chi connectivity index (χ4n) is 5.42. The second kappa shape index (κ2) is 7.73. The average molecular weight is 423 g/mol. The number of rotatable bonds is 7. The van der Waals surface area contributed by atoms with E-state index in [4.69, 9.17) is 14.7 Å². The second-order valence-corrected chi connectivity index (χ2v) is 9.22. The Labute approximate surface area is 181 Å². The number of imidazole rings is 1. The summed E-state index contributed by atoms with van der Waals surface area (Å²) in [7, 11) is 0. The molecule has 3 heterocycles. The summed E-state index contributed by atoms with van der Waals surface area (Å²) in [4.78, 5) is 34.5. The van der Waals surface area contributed by atoms with E-state index >= 15 is 0 Å². The molecule has 0 aliphatic heterocycles. The Morgan fingerprint density at radius 3 is 2.42 bits per heavy atom. The molecule has 3 aromatic heterocycles. The Morgan fingerprint density at radius 2 is 1.77 bits per heavy atom. The van der Waals surface area contributed by atoms with Crippen LogP contribution in [0.4, 0.5) is 0 Å². The molecule has 1 N–H and O–H groups in total. The van der Waals surface area contributed by atoms with E-state index in [2.05, 4.69) is 21.9 Å². The van der Waals surface area contributed by atoms with Gasteiger partial charge in [-0.2, -0.15) is 0 Å². The van der Waals surface area contributed by atoms with Crippen molar-refractivity contribution >= 4 is 11.2 Å². The highest BCUT2D eigenvalue weighted by atomic mass is 16.5. The number of H-pyrrole nitrogens is 1. The van der Waals surface area contributed by atoms with Crippen LogP contribution >= 0.6 is 0 Å². The number of aryl methyl sites for hydroxylation is 1. The molecule has 3 aliphatic carbocycles. The molecule has 3 saturated carbocycles. The van der Waals surface area contributed by atoms with Gasteiger partial charge in [-0.25, -0.2) is 19.9 Å².